The second-order valence-corrected chi connectivity index (χ2v) is 7.80. The highest BCUT2D eigenvalue weighted by Gasteiger charge is 2.20. The smallest absolute Gasteiger partial charge is 0.267 e. The predicted octanol–water partition coefficient (Wildman–Crippen LogP) is 2.91. The third kappa shape index (κ3) is 4.55. The van der Waals surface area contributed by atoms with Crippen molar-refractivity contribution in [2.75, 3.05) is 0 Å². The van der Waals surface area contributed by atoms with Crippen molar-refractivity contribution in [3.05, 3.63) is 118 Å². The Kier molecular flexibility index (Phi) is 5.87. The lowest BCUT2D eigenvalue weighted by atomic mass is 10.1. The summed E-state index contributed by atoms with van der Waals surface area (Å²) in [6.45, 7) is 0.480. The number of nitrogens with zero attached hydrogens (tertiary/aromatic N) is 3. The molecule has 9 heteroatoms. The largest absolute Gasteiger partial charge is 0.290 e. The lowest BCUT2D eigenvalue weighted by Gasteiger charge is -2.08. The number of aromatic nitrogens is 4. The van der Waals surface area contributed by atoms with Crippen LogP contribution in [-0.2, 0) is 6.54 Å². The van der Waals surface area contributed by atoms with Crippen LogP contribution in [0.3, 0.4) is 0 Å². The van der Waals surface area contributed by atoms with Gasteiger partial charge in [-0.15, -0.1) is 0 Å². The highest BCUT2D eigenvalue weighted by Crippen LogP contribution is 2.22. The summed E-state index contributed by atoms with van der Waals surface area (Å²) in [5.74, 6) is -1.20. The molecule has 5 aromatic rings. The maximum atomic E-state index is 13.1. The van der Waals surface area contributed by atoms with Gasteiger partial charge in [-0.05, 0) is 11.6 Å². The van der Waals surface area contributed by atoms with Crippen molar-refractivity contribution >= 4 is 22.6 Å². The summed E-state index contributed by atoms with van der Waals surface area (Å²) in [4.78, 5) is 37.9. The number of rotatable bonds is 5. The van der Waals surface area contributed by atoms with Crippen molar-refractivity contribution in [2.24, 2.45) is 0 Å². The minimum atomic E-state index is -0.663. The average molecular weight is 464 g/mol. The highest BCUT2D eigenvalue weighted by molar-refractivity contribution is 6.06. The summed E-state index contributed by atoms with van der Waals surface area (Å²) < 4.78 is 1.69. The van der Waals surface area contributed by atoms with E-state index in [-0.39, 0.29) is 5.69 Å². The molecule has 0 saturated heterocycles. The number of nitrogens with one attached hydrogen (secondary N) is 3. The lowest BCUT2D eigenvalue weighted by Crippen LogP contribution is -2.42. The molecule has 2 amide bonds. The van der Waals surface area contributed by atoms with Crippen molar-refractivity contribution < 1.29 is 9.59 Å². The topological polar surface area (TPSA) is 122 Å². The highest BCUT2D eigenvalue weighted by atomic mass is 16.2. The number of aromatic amines is 1. The minimum Gasteiger partial charge on any atom is -0.267 e. The van der Waals surface area contributed by atoms with Crippen molar-refractivity contribution in [2.45, 2.75) is 6.54 Å². The minimum absolute atomic E-state index is 0.0106. The fourth-order valence-corrected chi connectivity index (χ4v) is 3.78. The van der Waals surface area contributed by atoms with E-state index < -0.39 is 17.4 Å². The number of hydrogen-bond donors (Lipinski definition) is 3. The van der Waals surface area contributed by atoms with E-state index in [1.165, 1.54) is 0 Å². The molecular formula is C26H20N6O3. The summed E-state index contributed by atoms with van der Waals surface area (Å²) in [5, 5.41) is 11.5. The van der Waals surface area contributed by atoms with Gasteiger partial charge in [0, 0.05) is 17.1 Å². The fourth-order valence-electron chi connectivity index (χ4n) is 3.78. The van der Waals surface area contributed by atoms with Crippen molar-refractivity contribution in [1.82, 2.24) is 30.8 Å². The number of benzene rings is 3. The molecule has 0 saturated carbocycles. The normalized spacial score (nSPS) is 10.7. The Labute approximate surface area is 199 Å². The summed E-state index contributed by atoms with van der Waals surface area (Å²) in [6.07, 6.45) is 1.64. The zero-order valence-corrected chi connectivity index (χ0v) is 18.4. The standard InChI is InChI=1S/C26H20N6O3/c33-24-20-14-8-7-13-19(20)23(27-28-24)26(35)30-29-25(34)21-16-32(15-17-9-3-1-4-10-17)31-22(21)18-11-5-2-6-12-18/h1-14,16H,15H2,(H,28,33)(H,29,34)(H,30,35). The Morgan fingerprint density at radius 2 is 1.43 bits per heavy atom. The molecule has 0 spiro atoms. The van der Waals surface area contributed by atoms with Crippen LogP contribution in [-0.4, -0.2) is 31.8 Å². The molecule has 2 aromatic heterocycles. The molecule has 3 N–H and O–H groups in total. The van der Waals surface area contributed by atoms with E-state index in [9.17, 15) is 14.4 Å². The van der Waals surface area contributed by atoms with Gasteiger partial charge in [0.2, 0.25) is 0 Å². The van der Waals surface area contributed by atoms with Crippen LogP contribution in [0.1, 0.15) is 26.4 Å². The van der Waals surface area contributed by atoms with E-state index in [1.54, 1.807) is 35.1 Å². The first-order valence-corrected chi connectivity index (χ1v) is 10.8. The second-order valence-electron chi connectivity index (χ2n) is 7.80. The van der Waals surface area contributed by atoms with Gasteiger partial charge in [-0.1, -0.05) is 78.9 Å². The van der Waals surface area contributed by atoms with E-state index in [0.717, 1.165) is 11.1 Å². The van der Waals surface area contributed by atoms with Crippen LogP contribution < -0.4 is 16.4 Å². The van der Waals surface area contributed by atoms with E-state index in [0.29, 0.717) is 28.6 Å². The molecule has 9 nitrogen and oxygen atoms in total. The molecular weight excluding hydrogens is 444 g/mol. The van der Waals surface area contributed by atoms with Crippen LogP contribution in [0.5, 0.6) is 0 Å². The molecule has 0 aliphatic carbocycles. The third-order valence-electron chi connectivity index (χ3n) is 5.44. The maximum absolute atomic E-state index is 13.1. The van der Waals surface area contributed by atoms with Gasteiger partial charge < -0.3 is 0 Å². The van der Waals surface area contributed by atoms with Gasteiger partial charge in [0.25, 0.3) is 17.4 Å². The van der Waals surface area contributed by atoms with E-state index >= 15 is 0 Å². The molecule has 2 heterocycles. The van der Waals surface area contributed by atoms with Crippen molar-refractivity contribution in [1.29, 1.82) is 0 Å². The molecule has 0 atom stereocenters. The SMILES string of the molecule is O=C(NNC(=O)c1n[nH]c(=O)c2ccccc12)c1cn(Cc2ccccc2)nc1-c1ccccc1. The van der Waals surface area contributed by atoms with Gasteiger partial charge >= 0.3 is 0 Å². The van der Waals surface area contributed by atoms with Crippen LogP contribution in [0.4, 0.5) is 0 Å². The van der Waals surface area contributed by atoms with Crippen molar-refractivity contribution in [3.8, 4) is 11.3 Å². The first-order valence-electron chi connectivity index (χ1n) is 10.8. The Bertz CT molecular complexity index is 1580. The lowest BCUT2D eigenvalue weighted by molar-refractivity contribution is 0.0844. The molecule has 0 bridgehead atoms. The van der Waals surface area contributed by atoms with Gasteiger partial charge in [-0.25, -0.2) is 5.10 Å². The predicted molar refractivity (Wildman–Crippen MR) is 131 cm³/mol. The first-order chi connectivity index (χ1) is 17.1. The average Bonchev–Trinajstić information content (AvgIpc) is 3.32. The second kappa shape index (κ2) is 9.44. The number of carbonyl (C=O) groups excluding carboxylic acids is 2. The van der Waals surface area contributed by atoms with Crippen LogP contribution in [0.25, 0.3) is 22.0 Å². The van der Waals surface area contributed by atoms with Crippen molar-refractivity contribution in [3.63, 3.8) is 0 Å². The van der Waals surface area contributed by atoms with Gasteiger partial charge in [-0.2, -0.15) is 10.2 Å². The fraction of sp³-hybridized carbons (Fsp3) is 0.0385. The Morgan fingerprint density at radius 1 is 0.800 bits per heavy atom. The number of fused-ring (bicyclic) bond motifs is 1. The summed E-state index contributed by atoms with van der Waals surface area (Å²) in [7, 11) is 0. The van der Waals surface area contributed by atoms with E-state index in [1.807, 2.05) is 60.7 Å². The number of carbonyl (C=O) groups is 2. The summed E-state index contributed by atoms with van der Waals surface area (Å²) in [6, 6.07) is 25.7. The molecule has 0 aliphatic heterocycles. The Balaban J connectivity index is 1.40. The van der Waals surface area contributed by atoms with Crippen LogP contribution in [0.15, 0.2) is 95.9 Å². The Morgan fingerprint density at radius 3 is 2.17 bits per heavy atom. The maximum Gasteiger partial charge on any atom is 0.290 e. The quantitative estimate of drug-likeness (QED) is 0.345. The number of amides is 2. The molecule has 3 aromatic carbocycles. The zero-order valence-electron chi connectivity index (χ0n) is 18.4. The molecule has 5 rings (SSSR count). The van der Waals surface area contributed by atoms with E-state index in [2.05, 4.69) is 26.1 Å². The first kappa shape index (κ1) is 21.8. The molecule has 35 heavy (non-hydrogen) atoms. The molecule has 0 radical (unpaired) electrons. The zero-order chi connectivity index (χ0) is 24.2. The van der Waals surface area contributed by atoms with Crippen LogP contribution in [0, 0.1) is 0 Å². The van der Waals surface area contributed by atoms with Gasteiger partial charge in [-0.3, -0.25) is 29.9 Å². The van der Waals surface area contributed by atoms with Gasteiger partial charge in [0.15, 0.2) is 5.69 Å². The number of hydrogen-bond acceptors (Lipinski definition) is 5. The summed E-state index contributed by atoms with van der Waals surface area (Å²) in [5.41, 5.74) is 7.00. The van der Waals surface area contributed by atoms with Crippen LogP contribution >= 0.6 is 0 Å². The third-order valence-corrected chi connectivity index (χ3v) is 5.44. The van der Waals surface area contributed by atoms with Gasteiger partial charge in [0.05, 0.1) is 17.5 Å². The summed E-state index contributed by atoms with van der Waals surface area (Å²) >= 11 is 0. The molecule has 0 aliphatic rings. The van der Waals surface area contributed by atoms with Crippen LogP contribution in [0.2, 0.25) is 0 Å². The Hall–Kier alpha value is -5.05. The number of H-pyrrole nitrogens is 1. The van der Waals surface area contributed by atoms with Gasteiger partial charge in [0.1, 0.15) is 5.69 Å². The monoisotopic (exact) mass is 464 g/mol. The molecule has 0 unspecified atom stereocenters. The molecule has 0 fully saturated rings. The van der Waals surface area contributed by atoms with E-state index in [4.69, 9.17) is 0 Å². The number of hydrazine groups is 1. The molecule has 172 valence electrons.